The molecular weight excluding hydrogens is 368 g/mol. The number of nitrogen functional groups attached to an aromatic ring is 1. The predicted molar refractivity (Wildman–Crippen MR) is 105 cm³/mol. The number of thiophene rings is 1. The number of anilines is 1. The average molecular weight is 381 g/mol. The second-order valence-corrected chi connectivity index (χ2v) is 7.15. The summed E-state index contributed by atoms with van der Waals surface area (Å²) < 4.78 is 6.79. The Bertz CT molecular complexity index is 1110. The quantitative estimate of drug-likeness (QED) is 0.372. The van der Waals surface area contributed by atoms with E-state index in [-0.39, 0.29) is 5.78 Å². The maximum absolute atomic E-state index is 12.8. The van der Waals surface area contributed by atoms with Gasteiger partial charge < -0.3 is 10.5 Å². The van der Waals surface area contributed by atoms with Crippen molar-refractivity contribution in [3.63, 3.8) is 0 Å². The third-order valence-electron chi connectivity index (χ3n) is 3.88. The van der Waals surface area contributed by atoms with E-state index in [0.717, 1.165) is 10.1 Å². The van der Waals surface area contributed by atoms with E-state index in [1.807, 2.05) is 6.07 Å². The van der Waals surface area contributed by atoms with Crippen molar-refractivity contribution in [2.45, 2.75) is 0 Å². The summed E-state index contributed by atoms with van der Waals surface area (Å²) in [6.45, 7) is 0. The van der Waals surface area contributed by atoms with Gasteiger partial charge in [-0.15, -0.1) is 11.3 Å². The number of carbonyl (C=O) groups is 1. The maximum atomic E-state index is 12.8. The van der Waals surface area contributed by atoms with Gasteiger partial charge in [0.2, 0.25) is 5.78 Å². The van der Waals surface area contributed by atoms with Crippen LogP contribution < -0.4 is 10.5 Å². The Kier molecular flexibility index (Phi) is 4.32. The van der Waals surface area contributed by atoms with Crippen molar-refractivity contribution in [3.8, 4) is 11.5 Å². The molecule has 0 unspecified atom stereocenters. The van der Waals surface area contributed by atoms with Crippen LogP contribution in [0.15, 0.2) is 67.0 Å². The Hall–Kier alpha value is -2.89. The molecule has 0 amide bonds. The van der Waals surface area contributed by atoms with Gasteiger partial charge in [0.05, 0.1) is 15.8 Å². The van der Waals surface area contributed by atoms with Crippen LogP contribution in [0.3, 0.4) is 0 Å². The zero-order valence-electron chi connectivity index (χ0n) is 13.5. The monoisotopic (exact) mass is 380 g/mol. The molecule has 0 aliphatic carbocycles. The molecule has 0 atom stereocenters. The first-order chi connectivity index (χ1) is 12.6. The topological polar surface area (TPSA) is 65.2 Å². The van der Waals surface area contributed by atoms with E-state index in [0.29, 0.717) is 32.6 Å². The molecule has 0 fully saturated rings. The highest BCUT2D eigenvalue weighted by molar-refractivity contribution is 7.21. The van der Waals surface area contributed by atoms with Crippen molar-refractivity contribution in [3.05, 3.63) is 82.5 Å². The Morgan fingerprint density at radius 2 is 1.85 bits per heavy atom. The van der Waals surface area contributed by atoms with Crippen LogP contribution in [0.5, 0.6) is 11.5 Å². The number of rotatable bonds is 4. The average Bonchev–Trinajstić information content (AvgIpc) is 3.09. The molecule has 2 aromatic carbocycles. The lowest BCUT2D eigenvalue weighted by atomic mass is 10.1. The lowest BCUT2D eigenvalue weighted by Gasteiger charge is -2.06. The van der Waals surface area contributed by atoms with Crippen LogP contribution in [-0.4, -0.2) is 10.8 Å². The largest absolute Gasteiger partial charge is 0.455 e. The number of benzene rings is 2. The molecule has 26 heavy (non-hydrogen) atoms. The van der Waals surface area contributed by atoms with Gasteiger partial charge in [-0.1, -0.05) is 23.7 Å². The van der Waals surface area contributed by atoms with E-state index in [2.05, 4.69) is 4.98 Å². The van der Waals surface area contributed by atoms with E-state index < -0.39 is 0 Å². The minimum absolute atomic E-state index is 0.109. The maximum Gasteiger partial charge on any atom is 0.205 e. The fraction of sp³-hybridized carbons (Fsp3) is 0. The van der Waals surface area contributed by atoms with Crippen LogP contribution in [-0.2, 0) is 0 Å². The van der Waals surface area contributed by atoms with Gasteiger partial charge in [0.15, 0.2) is 5.75 Å². The van der Waals surface area contributed by atoms with Gasteiger partial charge in [-0.05, 0) is 42.5 Å². The first-order valence-corrected chi connectivity index (χ1v) is 9.01. The van der Waals surface area contributed by atoms with Gasteiger partial charge in [-0.3, -0.25) is 9.78 Å². The molecule has 0 radical (unpaired) electrons. The highest BCUT2D eigenvalue weighted by Gasteiger charge is 2.17. The van der Waals surface area contributed by atoms with Gasteiger partial charge in [-0.2, -0.15) is 0 Å². The third kappa shape index (κ3) is 3.14. The Balaban J connectivity index is 1.72. The Morgan fingerprint density at radius 1 is 1.08 bits per heavy atom. The van der Waals surface area contributed by atoms with Gasteiger partial charge in [-0.25, -0.2) is 0 Å². The van der Waals surface area contributed by atoms with Gasteiger partial charge in [0, 0.05) is 27.9 Å². The van der Waals surface area contributed by atoms with Crippen molar-refractivity contribution in [1.29, 1.82) is 0 Å². The highest BCUT2D eigenvalue weighted by atomic mass is 35.5. The van der Waals surface area contributed by atoms with Crippen molar-refractivity contribution < 1.29 is 9.53 Å². The molecule has 128 valence electrons. The van der Waals surface area contributed by atoms with Gasteiger partial charge >= 0.3 is 0 Å². The van der Waals surface area contributed by atoms with Crippen molar-refractivity contribution in [2.75, 3.05) is 5.73 Å². The summed E-state index contributed by atoms with van der Waals surface area (Å²) in [5.74, 6) is 1.12. The zero-order chi connectivity index (χ0) is 18.1. The SMILES string of the molecule is Nc1ccccc1C(=O)c1cc2c(Oc3ccc(Cl)cc3)cncc2s1. The first kappa shape index (κ1) is 16.6. The summed E-state index contributed by atoms with van der Waals surface area (Å²) in [5, 5.41) is 1.47. The number of halogens is 1. The molecule has 6 heteroatoms. The molecule has 0 aliphatic rings. The van der Waals surface area contributed by atoms with Crippen molar-refractivity contribution >= 4 is 44.5 Å². The smallest absolute Gasteiger partial charge is 0.205 e. The van der Waals surface area contributed by atoms with Crippen LogP contribution in [0, 0.1) is 0 Å². The molecule has 2 heterocycles. The first-order valence-electron chi connectivity index (χ1n) is 7.82. The summed E-state index contributed by atoms with van der Waals surface area (Å²) in [4.78, 5) is 17.6. The summed E-state index contributed by atoms with van der Waals surface area (Å²) in [7, 11) is 0. The van der Waals surface area contributed by atoms with Gasteiger partial charge in [0.25, 0.3) is 0 Å². The van der Waals surface area contributed by atoms with E-state index in [4.69, 9.17) is 22.1 Å². The van der Waals surface area contributed by atoms with Crippen LogP contribution >= 0.6 is 22.9 Å². The number of para-hydroxylation sites is 1. The number of aromatic nitrogens is 1. The Morgan fingerprint density at radius 3 is 2.62 bits per heavy atom. The van der Waals surface area contributed by atoms with Crippen molar-refractivity contribution in [1.82, 2.24) is 4.98 Å². The molecule has 0 spiro atoms. The standard InChI is InChI=1S/C20H13ClN2O2S/c21-12-5-7-13(8-6-12)25-17-10-23-11-19-15(17)9-18(26-19)20(24)14-3-1-2-4-16(14)22/h1-11H,22H2. The second kappa shape index (κ2) is 6.78. The number of nitrogens with zero attached hydrogens (tertiary/aromatic N) is 1. The van der Waals surface area contributed by atoms with E-state index in [9.17, 15) is 4.79 Å². The summed E-state index contributed by atoms with van der Waals surface area (Å²) in [5.41, 5.74) is 6.89. The van der Waals surface area contributed by atoms with Crippen LogP contribution in [0.2, 0.25) is 5.02 Å². The molecule has 0 saturated heterocycles. The molecule has 0 bridgehead atoms. The minimum Gasteiger partial charge on any atom is -0.455 e. The molecule has 2 aromatic heterocycles. The van der Waals surface area contributed by atoms with E-state index in [1.54, 1.807) is 60.9 Å². The zero-order valence-corrected chi connectivity index (χ0v) is 15.1. The second-order valence-electron chi connectivity index (χ2n) is 5.63. The molecule has 2 N–H and O–H groups in total. The molecule has 0 aliphatic heterocycles. The molecular formula is C20H13ClN2O2S. The fourth-order valence-electron chi connectivity index (χ4n) is 2.60. The lowest BCUT2D eigenvalue weighted by molar-refractivity contribution is 0.104. The fourth-order valence-corrected chi connectivity index (χ4v) is 3.72. The summed E-state index contributed by atoms with van der Waals surface area (Å²) in [6, 6.07) is 15.9. The normalized spacial score (nSPS) is 10.8. The van der Waals surface area contributed by atoms with Crippen LogP contribution in [0.4, 0.5) is 5.69 Å². The molecule has 0 saturated carbocycles. The third-order valence-corrected chi connectivity index (χ3v) is 5.20. The van der Waals surface area contributed by atoms with E-state index >= 15 is 0 Å². The number of pyridine rings is 1. The number of fused-ring (bicyclic) bond motifs is 1. The number of nitrogens with two attached hydrogens (primary N) is 1. The lowest BCUT2D eigenvalue weighted by Crippen LogP contribution is -2.02. The number of hydrogen-bond acceptors (Lipinski definition) is 5. The van der Waals surface area contributed by atoms with Crippen LogP contribution in [0.1, 0.15) is 15.2 Å². The number of ketones is 1. The Labute approximate surface area is 158 Å². The van der Waals surface area contributed by atoms with Crippen LogP contribution in [0.25, 0.3) is 10.1 Å². The highest BCUT2D eigenvalue weighted by Crippen LogP contribution is 2.35. The van der Waals surface area contributed by atoms with Gasteiger partial charge in [0.1, 0.15) is 5.75 Å². The molecule has 4 rings (SSSR count). The number of ether oxygens (including phenoxy) is 1. The summed E-state index contributed by atoms with van der Waals surface area (Å²) >= 11 is 7.27. The molecule has 4 nitrogen and oxygen atoms in total. The number of carbonyl (C=O) groups excluding carboxylic acids is 1. The van der Waals surface area contributed by atoms with Crippen molar-refractivity contribution in [2.24, 2.45) is 0 Å². The minimum atomic E-state index is -0.109. The molecule has 4 aromatic rings. The summed E-state index contributed by atoms with van der Waals surface area (Å²) in [6.07, 6.45) is 3.36. The predicted octanol–water partition coefficient (Wildman–Crippen LogP) is 5.56. The number of hydrogen-bond donors (Lipinski definition) is 1. The van der Waals surface area contributed by atoms with E-state index in [1.165, 1.54) is 11.3 Å².